The minimum atomic E-state index is -0.0255. The Labute approximate surface area is 163 Å². The summed E-state index contributed by atoms with van der Waals surface area (Å²) in [6, 6.07) is 16.7. The Balaban J connectivity index is 1.47. The van der Waals surface area contributed by atoms with Gasteiger partial charge >= 0.3 is 0 Å². The Kier molecular flexibility index (Phi) is 5.26. The molecule has 1 aliphatic rings. The molecule has 1 fully saturated rings. The smallest absolute Gasteiger partial charge is 0.250 e. The maximum Gasteiger partial charge on any atom is 0.250 e. The van der Waals surface area contributed by atoms with Crippen molar-refractivity contribution in [3.8, 4) is 5.75 Å². The Hall–Kier alpha value is -2.92. The molecule has 2 aromatic carbocycles. The summed E-state index contributed by atoms with van der Waals surface area (Å²) in [6.07, 6.45) is 1.56. The van der Waals surface area contributed by atoms with Gasteiger partial charge in [-0.05, 0) is 54.1 Å². The molecule has 0 N–H and O–H groups in total. The minimum absolute atomic E-state index is 0.0255. The van der Waals surface area contributed by atoms with Gasteiger partial charge < -0.3 is 14.0 Å². The molecule has 0 amide bonds. The second kappa shape index (κ2) is 7.98. The molecule has 4 rings (SSSR count). The lowest BCUT2D eigenvalue weighted by atomic mass is 9.91. The van der Waals surface area contributed by atoms with Gasteiger partial charge in [-0.3, -0.25) is 9.59 Å². The summed E-state index contributed by atoms with van der Waals surface area (Å²) in [5.74, 6) is 0.884. The second-order valence-corrected chi connectivity index (χ2v) is 7.19. The predicted octanol–water partition coefficient (Wildman–Crippen LogP) is 3.73. The van der Waals surface area contributed by atoms with Gasteiger partial charge in [0.25, 0.3) is 5.56 Å². The number of carbonyl (C=O) groups is 1. The number of ether oxygens (including phenoxy) is 2. The van der Waals surface area contributed by atoms with E-state index in [4.69, 9.17) is 9.47 Å². The number of Topliss-reactive ketones (excluding diaryl/α,β-unsaturated/α-hetero) is 1. The number of pyridine rings is 1. The van der Waals surface area contributed by atoms with E-state index < -0.39 is 0 Å². The highest BCUT2D eigenvalue weighted by Crippen LogP contribution is 2.23. The Morgan fingerprint density at radius 3 is 2.75 bits per heavy atom. The van der Waals surface area contributed by atoms with Gasteiger partial charge in [-0.2, -0.15) is 0 Å². The third-order valence-corrected chi connectivity index (χ3v) is 5.31. The summed E-state index contributed by atoms with van der Waals surface area (Å²) in [7, 11) is 1.77. The van der Waals surface area contributed by atoms with Crippen LogP contribution < -0.4 is 10.3 Å². The largest absolute Gasteiger partial charge is 0.489 e. The molecule has 1 aromatic heterocycles. The lowest BCUT2D eigenvalue weighted by molar-refractivity contribution is 0.0544. The van der Waals surface area contributed by atoms with Crippen molar-refractivity contribution in [3.05, 3.63) is 76.1 Å². The highest BCUT2D eigenvalue weighted by atomic mass is 16.5. The van der Waals surface area contributed by atoms with Crippen LogP contribution >= 0.6 is 0 Å². The van der Waals surface area contributed by atoms with Crippen molar-refractivity contribution in [2.75, 3.05) is 13.2 Å². The quantitative estimate of drug-likeness (QED) is 0.636. The molecule has 0 bridgehead atoms. The van der Waals surface area contributed by atoms with Gasteiger partial charge in [0.2, 0.25) is 0 Å². The number of hydrogen-bond acceptors (Lipinski definition) is 4. The van der Waals surface area contributed by atoms with Crippen LogP contribution in [0.25, 0.3) is 10.9 Å². The third kappa shape index (κ3) is 3.85. The molecule has 0 atom stereocenters. The maximum absolute atomic E-state index is 12.7. The number of nitrogens with zero attached hydrogens (tertiary/aromatic N) is 1. The van der Waals surface area contributed by atoms with Crippen LogP contribution in [0.4, 0.5) is 0 Å². The van der Waals surface area contributed by atoms with Crippen LogP contribution in [0.3, 0.4) is 0 Å². The zero-order valence-electron chi connectivity index (χ0n) is 15.9. The molecule has 5 nitrogen and oxygen atoms in total. The molecule has 28 heavy (non-hydrogen) atoms. The summed E-state index contributed by atoms with van der Waals surface area (Å²) in [6.45, 7) is 1.70. The standard InChI is InChI=1S/C23H23NO4/c1-24-21-7-5-16(13-18(21)6-8-22(24)25)15-28-20-4-2-3-19(14-20)23(26)17-9-11-27-12-10-17/h2-8,13-14,17H,9-12,15H2,1H3. The number of aryl methyl sites for hydroxylation is 1. The first kappa shape index (κ1) is 18.4. The molecular formula is C23H23NO4. The molecule has 2 heterocycles. The first-order chi connectivity index (χ1) is 13.6. The molecule has 0 spiro atoms. The molecule has 3 aromatic rings. The fourth-order valence-electron chi connectivity index (χ4n) is 3.63. The van der Waals surface area contributed by atoms with E-state index in [9.17, 15) is 9.59 Å². The van der Waals surface area contributed by atoms with Gasteiger partial charge in [0, 0.05) is 37.8 Å². The van der Waals surface area contributed by atoms with Crippen molar-refractivity contribution in [1.82, 2.24) is 4.57 Å². The number of ketones is 1. The molecular weight excluding hydrogens is 354 g/mol. The first-order valence-electron chi connectivity index (χ1n) is 9.55. The van der Waals surface area contributed by atoms with Crippen LogP contribution in [0.1, 0.15) is 28.8 Å². The van der Waals surface area contributed by atoms with Crippen molar-refractivity contribution in [3.63, 3.8) is 0 Å². The van der Waals surface area contributed by atoms with E-state index in [0.29, 0.717) is 31.1 Å². The van der Waals surface area contributed by atoms with E-state index in [-0.39, 0.29) is 17.3 Å². The number of aromatic nitrogens is 1. The van der Waals surface area contributed by atoms with E-state index in [1.165, 1.54) is 0 Å². The first-order valence-corrected chi connectivity index (χ1v) is 9.55. The predicted molar refractivity (Wildman–Crippen MR) is 108 cm³/mol. The SMILES string of the molecule is Cn1c(=O)ccc2cc(COc3cccc(C(=O)C4CCOCC4)c3)ccc21. The van der Waals surface area contributed by atoms with Gasteiger partial charge in [0.1, 0.15) is 12.4 Å². The van der Waals surface area contributed by atoms with Crippen LogP contribution in [0.2, 0.25) is 0 Å². The normalized spacial score (nSPS) is 14.9. The van der Waals surface area contributed by atoms with Crippen molar-refractivity contribution in [2.45, 2.75) is 19.4 Å². The van der Waals surface area contributed by atoms with E-state index >= 15 is 0 Å². The number of benzene rings is 2. The molecule has 144 valence electrons. The zero-order valence-corrected chi connectivity index (χ0v) is 15.9. The summed E-state index contributed by atoms with van der Waals surface area (Å²) in [5.41, 5.74) is 2.56. The van der Waals surface area contributed by atoms with Crippen LogP contribution in [0, 0.1) is 5.92 Å². The highest BCUT2D eigenvalue weighted by molar-refractivity contribution is 5.98. The van der Waals surface area contributed by atoms with E-state index in [2.05, 4.69) is 0 Å². The average molecular weight is 377 g/mol. The zero-order chi connectivity index (χ0) is 19.5. The summed E-state index contributed by atoms with van der Waals surface area (Å²) >= 11 is 0. The van der Waals surface area contributed by atoms with Crippen LogP contribution in [-0.4, -0.2) is 23.6 Å². The van der Waals surface area contributed by atoms with E-state index in [0.717, 1.165) is 29.3 Å². The summed E-state index contributed by atoms with van der Waals surface area (Å²) < 4.78 is 12.9. The number of rotatable bonds is 5. The van der Waals surface area contributed by atoms with Gasteiger partial charge in [-0.15, -0.1) is 0 Å². The van der Waals surface area contributed by atoms with E-state index in [1.54, 1.807) is 17.7 Å². The lowest BCUT2D eigenvalue weighted by Crippen LogP contribution is -2.23. The molecule has 0 radical (unpaired) electrons. The minimum Gasteiger partial charge on any atom is -0.489 e. The Morgan fingerprint density at radius 1 is 1.11 bits per heavy atom. The maximum atomic E-state index is 12.7. The second-order valence-electron chi connectivity index (χ2n) is 7.19. The summed E-state index contributed by atoms with van der Waals surface area (Å²) in [5, 5.41) is 0.992. The van der Waals surface area contributed by atoms with Crippen LogP contribution in [-0.2, 0) is 18.4 Å². The van der Waals surface area contributed by atoms with Crippen molar-refractivity contribution < 1.29 is 14.3 Å². The van der Waals surface area contributed by atoms with Gasteiger partial charge in [-0.25, -0.2) is 0 Å². The fraction of sp³-hybridized carbons (Fsp3) is 0.304. The van der Waals surface area contributed by atoms with Gasteiger partial charge in [-0.1, -0.05) is 18.2 Å². The number of hydrogen-bond donors (Lipinski definition) is 0. The molecule has 0 aliphatic carbocycles. The van der Waals surface area contributed by atoms with Crippen LogP contribution in [0.5, 0.6) is 5.75 Å². The number of fused-ring (bicyclic) bond motifs is 1. The molecule has 0 unspecified atom stereocenters. The van der Waals surface area contributed by atoms with Gasteiger partial charge in [0.05, 0.1) is 5.52 Å². The molecule has 1 aliphatic heterocycles. The Bertz CT molecular complexity index is 1060. The van der Waals surface area contributed by atoms with Crippen molar-refractivity contribution in [1.29, 1.82) is 0 Å². The van der Waals surface area contributed by atoms with Crippen LogP contribution in [0.15, 0.2) is 59.4 Å². The van der Waals surface area contributed by atoms with Gasteiger partial charge in [0.15, 0.2) is 5.78 Å². The Morgan fingerprint density at radius 2 is 1.93 bits per heavy atom. The number of carbonyl (C=O) groups excluding carboxylic acids is 1. The monoisotopic (exact) mass is 377 g/mol. The highest BCUT2D eigenvalue weighted by Gasteiger charge is 2.23. The lowest BCUT2D eigenvalue weighted by Gasteiger charge is -2.21. The van der Waals surface area contributed by atoms with E-state index in [1.807, 2.05) is 48.5 Å². The molecule has 0 saturated carbocycles. The summed E-state index contributed by atoms with van der Waals surface area (Å²) in [4.78, 5) is 24.4. The average Bonchev–Trinajstić information content (AvgIpc) is 2.75. The van der Waals surface area contributed by atoms with Crippen molar-refractivity contribution >= 4 is 16.7 Å². The van der Waals surface area contributed by atoms with Crippen molar-refractivity contribution in [2.24, 2.45) is 13.0 Å². The molecule has 5 heteroatoms. The molecule has 1 saturated heterocycles. The topological polar surface area (TPSA) is 57.5 Å². The fourth-order valence-corrected chi connectivity index (χ4v) is 3.63. The third-order valence-electron chi connectivity index (χ3n) is 5.31.